The van der Waals surface area contributed by atoms with Gasteiger partial charge in [-0.2, -0.15) is 0 Å². The number of hydrogen-bond acceptors (Lipinski definition) is 2. The third kappa shape index (κ3) is 4.91. The highest BCUT2D eigenvalue weighted by atomic mass is 19.4. The van der Waals surface area contributed by atoms with Crippen molar-refractivity contribution in [3.8, 4) is 5.75 Å². The second-order valence-corrected chi connectivity index (χ2v) is 5.12. The average molecular weight is 307 g/mol. The van der Waals surface area contributed by atoms with Crippen LogP contribution in [0.2, 0.25) is 0 Å². The molecule has 2 rings (SSSR count). The van der Waals surface area contributed by atoms with Crippen LogP contribution in [0.25, 0.3) is 0 Å². The minimum atomic E-state index is -4.68. The zero-order valence-corrected chi connectivity index (χ0v) is 12.3. The molecule has 0 bridgehead atoms. The highest BCUT2D eigenvalue weighted by Gasteiger charge is 2.30. The second-order valence-electron chi connectivity index (χ2n) is 5.12. The molecule has 0 fully saturated rings. The lowest BCUT2D eigenvalue weighted by atomic mass is 10.0. The van der Waals surface area contributed by atoms with Crippen molar-refractivity contribution in [2.45, 2.75) is 26.1 Å². The molecule has 0 atom stereocenters. The molecule has 0 heterocycles. The molecule has 0 aromatic heterocycles. The Hall–Kier alpha value is -2.30. The van der Waals surface area contributed by atoms with E-state index in [-0.39, 0.29) is 5.75 Å². The molecule has 0 amide bonds. The topological polar surface area (TPSA) is 21.6 Å². The van der Waals surface area contributed by atoms with Crippen LogP contribution in [0.1, 0.15) is 30.9 Å². The molecule has 0 radical (unpaired) electrons. The van der Waals surface area contributed by atoms with Crippen molar-refractivity contribution in [1.29, 1.82) is 0 Å². The van der Waals surface area contributed by atoms with Gasteiger partial charge in [-0.15, -0.1) is 13.2 Å². The molecule has 2 aromatic carbocycles. The number of benzene rings is 2. The van der Waals surface area contributed by atoms with Gasteiger partial charge < -0.3 is 4.74 Å². The average Bonchev–Trinajstić information content (AvgIpc) is 2.45. The quantitative estimate of drug-likeness (QED) is 0.687. The van der Waals surface area contributed by atoms with Crippen LogP contribution in [0.4, 0.5) is 18.9 Å². The monoisotopic (exact) mass is 307 g/mol. The summed E-state index contributed by atoms with van der Waals surface area (Å²) in [5.41, 5.74) is 2.73. The maximum Gasteiger partial charge on any atom is 0.573 e. The predicted octanol–water partition coefficient (Wildman–Crippen LogP) is 5.46. The van der Waals surface area contributed by atoms with Crippen LogP contribution in [-0.4, -0.2) is 12.6 Å². The van der Waals surface area contributed by atoms with Crippen LogP contribution >= 0.6 is 0 Å². The highest BCUT2D eigenvalue weighted by Crippen LogP contribution is 2.24. The Bertz CT molecular complexity index is 628. The fourth-order valence-corrected chi connectivity index (χ4v) is 1.85. The van der Waals surface area contributed by atoms with Crippen LogP contribution < -0.4 is 4.74 Å². The zero-order chi connectivity index (χ0) is 16.2. The fourth-order valence-electron chi connectivity index (χ4n) is 1.85. The molecular formula is C17H16F3NO. The van der Waals surface area contributed by atoms with Gasteiger partial charge in [0.25, 0.3) is 0 Å². The van der Waals surface area contributed by atoms with Crippen LogP contribution in [0.3, 0.4) is 0 Å². The summed E-state index contributed by atoms with van der Waals surface area (Å²) in [7, 11) is 0. The summed E-state index contributed by atoms with van der Waals surface area (Å²) in [6, 6.07) is 13.4. The second kappa shape index (κ2) is 6.64. The summed E-state index contributed by atoms with van der Waals surface area (Å²) in [4.78, 5) is 4.23. The van der Waals surface area contributed by atoms with Crippen molar-refractivity contribution in [2.24, 2.45) is 4.99 Å². The molecule has 2 aromatic rings. The maximum absolute atomic E-state index is 12.0. The Morgan fingerprint density at radius 3 is 2.05 bits per heavy atom. The molecule has 5 heteroatoms. The normalized spacial score (nSPS) is 12.1. The van der Waals surface area contributed by atoms with Crippen LogP contribution in [0, 0.1) is 0 Å². The van der Waals surface area contributed by atoms with Crippen LogP contribution in [0.5, 0.6) is 5.75 Å². The number of ether oxygens (including phenoxy) is 1. The zero-order valence-electron chi connectivity index (χ0n) is 12.3. The molecule has 0 aliphatic rings. The van der Waals surface area contributed by atoms with E-state index in [0.717, 1.165) is 5.56 Å². The van der Waals surface area contributed by atoms with E-state index < -0.39 is 6.36 Å². The fraction of sp³-hybridized carbons (Fsp3) is 0.235. The number of nitrogens with zero attached hydrogens (tertiary/aromatic N) is 1. The van der Waals surface area contributed by atoms with Crippen molar-refractivity contribution in [3.63, 3.8) is 0 Å². The lowest BCUT2D eigenvalue weighted by Crippen LogP contribution is -2.16. The third-order valence-electron chi connectivity index (χ3n) is 3.04. The van der Waals surface area contributed by atoms with Crippen molar-refractivity contribution >= 4 is 11.9 Å². The van der Waals surface area contributed by atoms with Gasteiger partial charge in [-0.1, -0.05) is 38.1 Å². The third-order valence-corrected chi connectivity index (χ3v) is 3.04. The number of hydrogen-bond donors (Lipinski definition) is 0. The Morgan fingerprint density at radius 2 is 1.55 bits per heavy atom. The van der Waals surface area contributed by atoms with Gasteiger partial charge in [0.05, 0.1) is 5.69 Å². The lowest BCUT2D eigenvalue weighted by Gasteiger charge is -2.08. The summed E-state index contributed by atoms with van der Waals surface area (Å²) >= 11 is 0. The lowest BCUT2D eigenvalue weighted by molar-refractivity contribution is -0.274. The molecule has 0 spiro atoms. The van der Waals surface area contributed by atoms with E-state index in [1.807, 2.05) is 24.3 Å². The molecule has 0 aliphatic heterocycles. The first kappa shape index (κ1) is 16.1. The molecule has 22 heavy (non-hydrogen) atoms. The minimum Gasteiger partial charge on any atom is -0.406 e. The maximum atomic E-state index is 12.0. The van der Waals surface area contributed by atoms with Crippen LogP contribution in [0.15, 0.2) is 53.5 Å². The molecular weight excluding hydrogens is 291 g/mol. The van der Waals surface area contributed by atoms with Gasteiger partial charge in [0.2, 0.25) is 0 Å². The van der Waals surface area contributed by atoms with E-state index in [4.69, 9.17) is 0 Å². The molecule has 0 aliphatic carbocycles. The summed E-state index contributed by atoms with van der Waals surface area (Å²) in [5, 5.41) is 0. The molecule has 0 N–H and O–H groups in total. The predicted molar refractivity (Wildman–Crippen MR) is 80.9 cm³/mol. The van der Waals surface area contributed by atoms with Gasteiger partial charge in [0, 0.05) is 6.21 Å². The Balaban J connectivity index is 2.03. The number of rotatable bonds is 4. The van der Waals surface area contributed by atoms with Crippen LogP contribution in [-0.2, 0) is 0 Å². The van der Waals surface area contributed by atoms with Crippen molar-refractivity contribution in [2.75, 3.05) is 0 Å². The molecule has 0 saturated heterocycles. The Kier molecular flexibility index (Phi) is 4.85. The van der Waals surface area contributed by atoms with Crippen molar-refractivity contribution in [1.82, 2.24) is 0 Å². The summed E-state index contributed by atoms with van der Waals surface area (Å²) in [6.07, 6.45) is -3.01. The highest BCUT2D eigenvalue weighted by molar-refractivity contribution is 5.82. The van der Waals surface area contributed by atoms with Gasteiger partial charge in [0.1, 0.15) is 5.75 Å². The van der Waals surface area contributed by atoms with E-state index in [1.54, 1.807) is 6.21 Å². The van der Waals surface area contributed by atoms with Crippen molar-refractivity contribution < 1.29 is 17.9 Å². The molecule has 116 valence electrons. The minimum absolute atomic E-state index is 0.257. The summed E-state index contributed by atoms with van der Waals surface area (Å²) in [6.45, 7) is 4.24. The van der Waals surface area contributed by atoms with E-state index in [1.165, 1.54) is 29.8 Å². The van der Waals surface area contributed by atoms with Gasteiger partial charge in [-0.3, -0.25) is 4.99 Å². The molecule has 2 nitrogen and oxygen atoms in total. The van der Waals surface area contributed by atoms with Crippen molar-refractivity contribution in [3.05, 3.63) is 59.7 Å². The van der Waals surface area contributed by atoms with Gasteiger partial charge >= 0.3 is 6.36 Å². The summed E-state index contributed by atoms with van der Waals surface area (Å²) < 4.78 is 39.9. The standard InChI is InChI=1S/C17H16F3NO/c1-12(2)14-5-3-13(4-6-14)11-21-15-7-9-16(10-8-15)22-17(18,19)20/h3-12H,1-2H3. The molecule has 0 saturated carbocycles. The largest absolute Gasteiger partial charge is 0.573 e. The smallest absolute Gasteiger partial charge is 0.406 e. The number of halogens is 3. The molecule has 0 unspecified atom stereocenters. The Labute approximate surface area is 127 Å². The first-order chi connectivity index (χ1) is 10.3. The number of aliphatic imine (C=N–C) groups is 1. The first-order valence-corrected chi connectivity index (χ1v) is 6.83. The number of alkyl halides is 3. The van der Waals surface area contributed by atoms with Gasteiger partial charge in [0.15, 0.2) is 0 Å². The van der Waals surface area contributed by atoms with Gasteiger partial charge in [-0.25, -0.2) is 0 Å². The van der Waals surface area contributed by atoms with E-state index in [2.05, 4.69) is 23.6 Å². The summed E-state index contributed by atoms with van der Waals surface area (Å²) in [5.74, 6) is 0.208. The SMILES string of the molecule is CC(C)c1ccc(C=Nc2ccc(OC(F)(F)F)cc2)cc1. The van der Waals surface area contributed by atoms with E-state index >= 15 is 0 Å². The van der Waals surface area contributed by atoms with E-state index in [9.17, 15) is 13.2 Å². The van der Waals surface area contributed by atoms with Gasteiger partial charge in [-0.05, 0) is 41.3 Å². The first-order valence-electron chi connectivity index (χ1n) is 6.83. The van der Waals surface area contributed by atoms with E-state index in [0.29, 0.717) is 11.6 Å². The Morgan fingerprint density at radius 1 is 0.955 bits per heavy atom.